The number of nitrogens with one attached hydrogen (secondary N) is 1. The minimum Gasteiger partial charge on any atom is -0.385 e. The van der Waals surface area contributed by atoms with Crippen LogP contribution in [0.2, 0.25) is 0 Å². The van der Waals surface area contributed by atoms with Crippen LogP contribution in [0.5, 0.6) is 0 Å². The summed E-state index contributed by atoms with van der Waals surface area (Å²) in [6.45, 7) is 2.56. The fraction of sp³-hybridized carbons (Fsp3) is 0.278. The van der Waals surface area contributed by atoms with Crippen LogP contribution in [-0.2, 0) is 14.9 Å². The van der Waals surface area contributed by atoms with Crippen molar-refractivity contribution in [2.45, 2.75) is 24.7 Å². The first-order valence-corrected chi connectivity index (χ1v) is 9.81. The minimum absolute atomic E-state index is 0.0375. The van der Waals surface area contributed by atoms with E-state index in [0.717, 1.165) is 11.3 Å². The van der Waals surface area contributed by atoms with Crippen LogP contribution in [0, 0.1) is 17.0 Å². The van der Waals surface area contributed by atoms with Gasteiger partial charge in [0.05, 0.1) is 16.4 Å². The number of nitro groups is 1. The van der Waals surface area contributed by atoms with Gasteiger partial charge in [0.15, 0.2) is 0 Å². The third-order valence-corrected chi connectivity index (χ3v) is 4.45. The zero-order valence-electron chi connectivity index (χ0n) is 15.4. The molecule has 0 unspecified atom stereocenters. The lowest BCUT2D eigenvalue weighted by atomic mass is 10.2. The lowest BCUT2D eigenvalue weighted by Gasteiger charge is -2.05. The lowest BCUT2D eigenvalue weighted by Crippen LogP contribution is -2.14. The van der Waals surface area contributed by atoms with Crippen LogP contribution in [0.1, 0.15) is 18.4 Å². The number of hydrogen-bond acceptors (Lipinski definition) is 7. The van der Waals surface area contributed by atoms with Gasteiger partial charge in [-0.1, -0.05) is 17.7 Å². The number of nitrogens with zero attached hydrogens (tertiary/aromatic N) is 1. The maximum atomic E-state index is 10.9. The van der Waals surface area contributed by atoms with Gasteiger partial charge in [-0.3, -0.25) is 19.5 Å². The molecule has 9 nitrogen and oxygen atoms in total. The van der Waals surface area contributed by atoms with Crippen molar-refractivity contribution in [2.24, 2.45) is 5.73 Å². The summed E-state index contributed by atoms with van der Waals surface area (Å²) in [7, 11) is -4.02. The number of aryl methyl sites for hydroxylation is 1. The van der Waals surface area contributed by atoms with E-state index in [9.17, 15) is 23.3 Å². The van der Waals surface area contributed by atoms with Crippen molar-refractivity contribution in [2.75, 3.05) is 18.4 Å². The van der Waals surface area contributed by atoms with Crippen LogP contribution < -0.4 is 11.1 Å². The molecule has 0 heterocycles. The molecule has 0 saturated heterocycles. The van der Waals surface area contributed by atoms with Crippen LogP contribution in [-0.4, -0.2) is 36.8 Å². The molecule has 0 atom stereocenters. The molecule has 2 aromatic carbocycles. The molecule has 28 heavy (non-hydrogen) atoms. The highest BCUT2D eigenvalue weighted by molar-refractivity contribution is 7.85. The van der Waals surface area contributed by atoms with Gasteiger partial charge in [0, 0.05) is 30.8 Å². The van der Waals surface area contributed by atoms with Gasteiger partial charge >= 0.3 is 0 Å². The standard InChI is InChI=1S/C11H15N3O3.C7H8O3S/c12-8-11(15)2-1-7-13-9-3-5-10(6-4-9)14(16)17;1-6-2-4-7(5-3-6)11(8,9)10/h3-6,13H,1-2,7-8,12H2;2-5H,1H3,(H,8,9,10). The number of non-ortho nitro benzene ring substituents is 1. The van der Waals surface area contributed by atoms with Gasteiger partial charge in [-0.2, -0.15) is 8.42 Å². The molecule has 0 aromatic heterocycles. The second kappa shape index (κ2) is 11.1. The monoisotopic (exact) mass is 409 g/mol. The van der Waals surface area contributed by atoms with Crippen molar-refractivity contribution in [1.29, 1.82) is 0 Å². The van der Waals surface area contributed by atoms with Crippen LogP contribution >= 0.6 is 0 Å². The largest absolute Gasteiger partial charge is 0.385 e. The van der Waals surface area contributed by atoms with E-state index in [4.69, 9.17) is 10.3 Å². The topological polar surface area (TPSA) is 153 Å². The van der Waals surface area contributed by atoms with Crippen molar-refractivity contribution in [1.82, 2.24) is 0 Å². The fourth-order valence-electron chi connectivity index (χ4n) is 2.03. The second-order valence-corrected chi connectivity index (χ2v) is 7.29. The molecule has 0 aliphatic carbocycles. The van der Waals surface area contributed by atoms with Gasteiger partial charge in [-0.25, -0.2) is 0 Å². The number of rotatable bonds is 8. The number of hydrogen-bond donors (Lipinski definition) is 3. The van der Waals surface area contributed by atoms with E-state index >= 15 is 0 Å². The van der Waals surface area contributed by atoms with Crippen LogP contribution in [0.4, 0.5) is 11.4 Å². The molecule has 0 spiro atoms. The predicted molar refractivity (Wildman–Crippen MR) is 106 cm³/mol. The first-order chi connectivity index (χ1) is 13.1. The Hall–Kier alpha value is -2.82. The van der Waals surface area contributed by atoms with Crippen molar-refractivity contribution >= 4 is 27.3 Å². The molecule has 2 aromatic rings. The Morgan fingerprint density at radius 3 is 2.18 bits per heavy atom. The van der Waals surface area contributed by atoms with Crippen molar-refractivity contribution < 1.29 is 22.7 Å². The van der Waals surface area contributed by atoms with E-state index in [-0.39, 0.29) is 22.9 Å². The number of anilines is 1. The molecule has 0 aliphatic heterocycles. The minimum atomic E-state index is -4.02. The average Bonchev–Trinajstić information content (AvgIpc) is 2.65. The highest BCUT2D eigenvalue weighted by Gasteiger charge is 2.07. The molecule has 0 bridgehead atoms. The number of carbonyl (C=O) groups is 1. The Morgan fingerprint density at radius 1 is 1.14 bits per heavy atom. The molecule has 10 heteroatoms. The molecule has 0 fully saturated rings. The summed E-state index contributed by atoms with van der Waals surface area (Å²) in [6.07, 6.45) is 1.16. The maximum Gasteiger partial charge on any atom is 0.294 e. The SMILES string of the molecule is Cc1ccc(S(=O)(=O)O)cc1.NCC(=O)CCCNc1ccc([N+](=O)[O-])cc1. The highest BCUT2D eigenvalue weighted by Crippen LogP contribution is 2.15. The predicted octanol–water partition coefficient (Wildman–Crippen LogP) is 2.56. The number of nitro benzene ring substituents is 1. The summed E-state index contributed by atoms with van der Waals surface area (Å²) < 4.78 is 29.6. The van der Waals surface area contributed by atoms with Crippen molar-refractivity contribution in [3.63, 3.8) is 0 Å². The zero-order chi connectivity index (χ0) is 21.2. The highest BCUT2D eigenvalue weighted by atomic mass is 32.2. The summed E-state index contributed by atoms with van der Waals surface area (Å²) in [5.41, 5.74) is 7.00. The summed E-state index contributed by atoms with van der Waals surface area (Å²) in [4.78, 5) is 20.8. The van der Waals surface area contributed by atoms with Crippen molar-refractivity contribution in [3.05, 3.63) is 64.2 Å². The average molecular weight is 409 g/mol. The van der Waals surface area contributed by atoms with Gasteiger partial charge in [0.1, 0.15) is 5.78 Å². The molecule has 0 radical (unpaired) electrons. The Kier molecular flexibility index (Phi) is 9.22. The second-order valence-electron chi connectivity index (χ2n) is 5.87. The number of benzene rings is 2. The Morgan fingerprint density at radius 2 is 1.71 bits per heavy atom. The first-order valence-electron chi connectivity index (χ1n) is 8.37. The molecule has 0 amide bonds. The van der Waals surface area contributed by atoms with Gasteiger partial charge in [0.2, 0.25) is 0 Å². The number of nitrogens with two attached hydrogens (primary N) is 1. The Balaban J connectivity index is 0.000000307. The number of ketones is 1. The number of carbonyl (C=O) groups excluding carboxylic acids is 1. The van der Waals surface area contributed by atoms with Crippen LogP contribution in [0.25, 0.3) is 0 Å². The van der Waals surface area contributed by atoms with E-state index in [1.54, 1.807) is 24.3 Å². The molecule has 0 saturated carbocycles. The third-order valence-electron chi connectivity index (χ3n) is 3.59. The fourth-order valence-corrected chi connectivity index (χ4v) is 2.51. The maximum absolute atomic E-state index is 10.9. The smallest absolute Gasteiger partial charge is 0.294 e. The normalized spacial score (nSPS) is 10.5. The van der Waals surface area contributed by atoms with Crippen LogP contribution in [0.3, 0.4) is 0 Å². The van der Waals surface area contributed by atoms with Gasteiger partial charge in [0.25, 0.3) is 15.8 Å². The quantitative estimate of drug-likeness (QED) is 0.260. The van der Waals surface area contributed by atoms with Gasteiger partial charge in [-0.05, 0) is 37.6 Å². The summed E-state index contributed by atoms with van der Waals surface area (Å²) in [5.74, 6) is 0.0375. The van der Waals surface area contributed by atoms with E-state index in [2.05, 4.69) is 5.32 Å². The summed E-state index contributed by atoms with van der Waals surface area (Å²) in [5, 5.41) is 13.5. The molecule has 4 N–H and O–H groups in total. The van der Waals surface area contributed by atoms with Crippen LogP contribution in [0.15, 0.2) is 53.4 Å². The first kappa shape index (κ1) is 23.2. The Labute approximate surface area is 163 Å². The third kappa shape index (κ3) is 8.71. The van der Waals surface area contributed by atoms with Gasteiger partial charge < -0.3 is 11.1 Å². The molecule has 152 valence electrons. The van der Waals surface area contributed by atoms with Gasteiger partial charge in [-0.15, -0.1) is 0 Å². The van der Waals surface area contributed by atoms with E-state index in [1.807, 2.05) is 6.92 Å². The summed E-state index contributed by atoms with van der Waals surface area (Å²) >= 11 is 0. The molecular formula is C18H23N3O6S. The zero-order valence-corrected chi connectivity index (χ0v) is 16.2. The van der Waals surface area contributed by atoms with Crippen molar-refractivity contribution in [3.8, 4) is 0 Å². The number of Topliss-reactive ketones (excluding diaryl/α,β-unsaturated/α-hetero) is 1. The molecule has 0 aliphatic rings. The van der Waals surface area contributed by atoms with E-state index in [0.29, 0.717) is 19.4 Å². The lowest BCUT2D eigenvalue weighted by molar-refractivity contribution is -0.384. The molecule has 2 rings (SSSR count). The molecular weight excluding hydrogens is 386 g/mol. The van der Waals surface area contributed by atoms with E-state index < -0.39 is 15.0 Å². The van der Waals surface area contributed by atoms with E-state index in [1.165, 1.54) is 24.3 Å². The summed E-state index contributed by atoms with van der Waals surface area (Å²) in [6, 6.07) is 12.1. The Bertz CT molecular complexity index is 881.